The van der Waals surface area contributed by atoms with E-state index < -0.39 is 0 Å². The lowest BCUT2D eigenvalue weighted by molar-refractivity contribution is -0.105. The summed E-state index contributed by atoms with van der Waals surface area (Å²) < 4.78 is 7.65. The molecule has 2 atom stereocenters. The van der Waals surface area contributed by atoms with E-state index >= 15 is 0 Å². The Bertz CT molecular complexity index is 559. The second kappa shape index (κ2) is 4.79. The largest absolute Gasteiger partial charge is 0.394 e. The minimum atomic E-state index is -0.146. The zero-order chi connectivity index (χ0) is 12.5. The number of nitrogens with zero attached hydrogens (tertiary/aromatic N) is 4. The SMILES string of the molecule is OC[C@H]1CCC[C@@H](n2cnc3c(Cl)ncnc32)O1. The molecular formula is C11H13ClN4O2. The summed E-state index contributed by atoms with van der Waals surface area (Å²) in [7, 11) is 0. The molecular weight excluding hydrogens is 256 g/mol. The highest BCUT2D eigenvalue weighted by Crippen LogP contribution is 2.29. The third-order valence-corrected chi connectivity index (χ3v) is 3.43. The molecule has 1 aliphatic heterocycles. The van der Waals surface area contributed by atoms with Gasteiger partial charge in [0.15, 0.2) is 10.8 Å². The second-order valence-corrected chi connectivity index (χ2v) is 4.67. The predicted molar refractivity (Wildman–Crippen MR) is 65.2 cm³/mol. The molecule has 0 unspecified atom stereocenters. The number of ether oxygens (including phenoxy) is 1. The van der Waals surface area contributed by atoms with Gasteiger partial charge in [-0.05, 0) is 19.3 Å². The summed E-state index contributed by atoms with van der Waals surface area (Å²) in [5.74, 6) is 0. The Labute approximate surface area is 109 Å². The number of rotatable bonds is 2. The number of imidazole rings is 1. The molecule has 1 N–H and O–H groups in total. The van der Waals surface area contributed by atoms with Crippen LogP contribution in [0.15, 0.2) is 12.7 Å². The van der Waals surface area contributed by atoms with Crippen LogP contribution in [0.3, 0.4) is 0 Å². The van der Waals surface area contributed by atoms with Crippen LogP contribution < -0.4 is 0 Å². The van der Waals surface area contributed by atoms with Gasteiger partial charge in [0.05, 0.1) is 19.0 Å². The summed E-state index contributed by atoms with van der Waals surface area (Å²) in [6.45, 7) is 0.0405. The van der Waals surface area contributed by atoms with Crippen molar-refractivity contribution < 1.29 is 9.84 Å². The molecule has 0 radical (unpaired) electrons. The number of hydrogen-bond donors (Lipinski definition) is 1. The van der Waals surface area contributed by atoms with E-state index in [1.807, 2.05) is 4.57 Å². The lowest BCUT2D eigenvalue weighted by Crippen LogP contribution is -2.28. The summed E-state index contributed by atoms with van der Waals surface area (Å²) >= 11 is 5.96. The van der Waals surface area contributed by atoms with Crippen molar-refractivity contribution in [2.24, 2.45) is 0 Å². The van der Waals surface area contributed by atoms with E-state index in [2.05, 4.69) is 15.0 Å². The third kappa shape index (κ3) is 1.96. The number of halogens is 1. The fourth-order valence-electron chi connectivity index (χ4n) is 2.25. The first-order chi connectivity index (χ1) is 8.79. The van der Waals surface area contributed by atoms with Gasteiger partial charge >= 0.3 is 0 Å². The summed E-state index contributed by atoms with van der Waals surface area (Å²) in [5, 5.41) is 9.51. The minimum Gasteiger partial charge on any atom is -0.394 e. The number of aliphatic hydroxyl groups is 1. The maximum Gasteiger partial charge on any atom is 0.166 e. The average molecular weight is 269 g/mol. The van der Waals surface area contributed by atoms with Crippen LogP contribution in [0.25, 0.3) is 11.2 Å². The van der Waals surface area contributed by atoms with Crippen molar-refractivity contribution in [2.75, 3.05) is 6.61 Å². The highest BCUT2D eigenvalue weighted by Gasteiger charge is 2.25. The van der Waals surface area contributed by atoms with E-state index in [1.54, 1.807) is 6.33 Å². The van der Waals surface area contributed by atoms with Crippen molar-refractivity contribution in [3.8, 4) is 0 Å². The maximum absolute atomic E-state index is 9.17. The molecule has 0 saturated carbocycles. The lowest BCUT2D eigenvalue weighted by atomic mass is 10.1. The standard InChI is InChI=1S/C11H13ClN4O2/c12-10-9-11(14-5-13-10)16(6-15-9)8-3-1-2-7(4-17)18-8/h5-8,17H,1-4H2/t7-,8+/m1/s1. The Morgan fingerprint density at radius 3 is 3.11 bits per heavy atom. The van der Waals surface area contributed by atoms with Gasteiger partial charge in [0.1, 0.15) is 18.1 Å². The van der Waals surface area contributed by atoms with Crippen molar-refractivity contribution in [1.82, 2.24) is 19.5 Å². The zero-order valence-electron chi connectivity index (χ0n) is 9.66. The first kappa shape index (κ1) is 11.8. The summed E-state index contributed by atoms with van der Waals surface area (Å²) in [5.41, 5.74) is 1.24. The molecule has 1 saturated heterocycles. The third-order valence-electron chi connectivity index (χ3n) is 3.15. The first-order valence-electron chi connectivity index (χ1n) is 5.89. The Hall–Kier alpha value is -1.24. The smallest absolute Gasteiger partial charge is 0.166 e. The predicted octanol–water partition coefficient (Wildman–Crippen LogP) is 1.54. The van der Waals surface area contributed by atoms with Crippen LogP contribution in [-0.4, -0.2) is 37.3 Å². The van der Waals surface area contributed by atoms with Crippen LogP contribution in [-0.2, 0) is 4.74 Å². The van der Waals surface area contributed by atoms with Gasteiger partial charge in [0.2, 0.25) is 0 Å². The lowest BCUT2D eigenvalue weighted by Gasteiger charge is -2.29. The Balaban J connectivity index is 1.96. The fraction of sp³-hybridized carbons (Fsp3) is 0.545. The molecule has 3 rings (SSSR count). The highest BCUT2D eigenvalue weighted by atomic mass is 35.5. The summed E-state index contributed by atoms with van der Waals surface area (Å²) in [6, 6.07) is 0. The van der Waals surface area contributed by atoms with Gasteiger partial charge in [-0.1, -0.05) is 11.6 Å². The Morgan fingerprint density at radius 2 is 2.28 bits per heavy atom. The molecule has 0 spiro atoms. The summed E-state index contributed by atoms with van der Waals surface area (Å²) in [6.07, 6.45) is 5.59. The van der Waals surface area contributed by atoms with E-state index in [4.69, 9.17) is 21.4 Å². The second-order valence-electron chi connectivity index (χ2n) is 4.31. The van der Waals surface area contributed by atoms with Gasteiger partial charge in [-0.15, -0.1) is 0 Å². The Morgan fingerprint density at radius 1 is 1.39 bits per heavy atom. The van der Waals surface area contributed by atoms with Gasteiger partial charge < -0.3 is 9.84 Å². The van der Waals surface area contributed by atoms with E-state index in [0.29, 0.717) is 16.3 Å². The van der Waals surface area contributed by atoms with Gasteiger partial charge in [-0.3, -0.25) is 4.57 Å². The van der Waals surface area contributed by atoms with Crippen LogP contribution in [0, 0.1) is 0 Å². The number of hydrogen-bond acceptors (Lipinski definition) is 5. The van der Waals surface area contributed by atoms with Crippen LogP contribution in [0.1, 0.15) is 25.5 Å². The number of aliphatic hydroxyl groups excluding tert-OH is 1. The van der Waals surface area contributed by atoms with Crippen molar-refractivity contribution in [3.63, 3.8) is 0 Å². The monoisotopic (exact) mass is 268 g/mol. The van der Waals surface area contributed by atoms with Gasteiger partial charge in [0, 0.05) is 0 Å². The van der Waals surface area contributed by atoms with Crippen molar-refractivity contribution in [1.29, 1.82) is 0 Å². The molecule has 7 heteroatoms. The molecule has 6 nitrogen and oxygen atoms in total. The molecule has 96 valence electrons. The normalized spacial score (nSPS) is 24.6. The van der Waals surface area contributed by atoms with Crippen LogP contribution in [0.4, 0.5) is 0 Å². The highest BCUT2D eigenvalue weighted by molar-refractivity contribution is 6.33. The molecule has 0 aliphatic carbocycles. The van der Waals surface area contributed by atoms with Crippen molar-refractivity contribution in [2.45, 2.75) is 31.6 Å². The Kier molecular flexibility index (Phi) is 3.15. The molecule has 2 aromatic heterocycles. The van der Waals surface area contributed by atoms with Gasteiger partial charge in [0.25, 0.3) is 0 Å². The number of fused-ring (bicyclic) bond motifs is 1. The fourth-order valence-corrected chi connectivity index (χ4v) is 2.43. The molecule has 18 heavy (non-hydrogen) atoms. The van der Waals surface area contributed by atoms with Crippen molar-refractivity contribution in [3.05, 3.63) is 17.8 Å². The topological polar surface area (TPSA) is 73.1 Å². The van der Waals surface area contributed by atoms with Crippen LogP contribution in [0.2, 0.25) is 5.15 Å². The zero-order valence-corrected chi connectivity index (χ0v) is 10.4. The van der Waals surface area contributed by atoms with E-state index in [1.165, 1.54) is 6.33 Å². The molecule has 2 aromatic rings. The molecule has 1 aliphatic rings. The van der Waals surface area contributed by atoms with Gasteiger partial charge in [-0.25, -0.2) is 15.0 Å². The van der Waals surface area contributed by atoms with Crippen LogP contribution in [0.5, 0.6) is 0 Å². The quantitative estimate of drug-likeness (QED) is 0.837. The van der Waals surface area contributed by atoms with Gasteiger partial charge in [-0.2, -0.15) is 0 Å². The molecule has 0 amide bonds. The average Bonchev–Trinajstić information content (AvgIpc) is 2.84. The molecule has 1 fully saturated rings. The van der Waals surface area contributed by atoms with Crippen molar-refractivity contribution >= 4 is 22.8 Å². The molecule has 0 aromatic carbocycles. The van der Waals surface area contributed by atoms with E-state index in [0.717, 1.165) is 19.3 Å². The summed E-state index contributed by atoms with van der Waals surface area (Å²) in [4.78, 5) is 12.3. The number of aromatic nitrogens is 4. The first-order valence-corrected chi connectivity index (χ1v) is 6.26. The van der Waals surface area contributed by atoms with E-state index in [-0.39, 0.29) is 18.9 Å². The van der Waals surface area contributed by atoms with E-state index in [9.17, 15) is 0 Å². The molecule has 3 heterocycles. The minimum absolute atomic E-state index is 0.0405. The maximum atomic E-state index is 9.17. The molecule has 0 bridgehead atoms. The van der Waals surface area contributed by atoms with Crippen LogP contribution >= 0.6 is 11.6 Å².